The van der Waals surface area contributed by atoms with Crippen LogP contribution in [0, 0.1) is 0 Å². The average Bonchev–Trinajstić information content (AvgIpc) is 2.62. The monoisotopic (exact) mass is 331 g/mol. The zero-order chi connectivity index (χ0) is 17.5. The van der Waals surface area contributed by atoms with Gasteiger partial charge < -0.3 is 14.8 Å². The molecule has 0 aliphatic carbocycles. The summed E-state index contributed by atoms with van der Waals surface area (Å²) in [6, 6.07) is 9.65. The van der Waals surface area contributed by atoms with Gasteiger partial charge in [-0.3, -0.25) is 9.59 Å². The van der Waals surface area contributed by atoms with Crippen LogP contribution < -0.4 is 15.6 Å². The third-order valence-corrected chi connectivity index (χ3v) is 3.56. The van der Waals surface area contributed by atoms with Crippen molar-refractivity contribution in [3.05, 3.63) is 46.8 Å². The number of benzene rings is 1. The van der Waals surface area contributed by atoms with Crippen molar-refractivity contribution < 1.29 is 14.3 Å². The summed E-state index contributed by atoms with van der Waals surface area (Å²) in [7, 11) is 3.15. The zero-order valence-corrected chi connectivity index (χ0v) is 14.0. The van der Waals surface area contributed by atoms with Gasteiger partial charge in [-0.05, 0) is 37.3 Å². The Labute approximate surface area is 140 Å². The van der Waals surface area contributed by atoms with Gasteiger partial charge in [0.1, 0.15) is 11.8 Å². The topological polar surface area (TPSA) is 82.4 Å². The number of ether oxygens (including phenoxy) is 2. The van der Waals surface area contributed by atoms with Crippen molar-refractivity contribution in [2.24, 2.45) is 0 Å². The number of methoxy groups -OCH3 is 2. The summed E-state index contributed by atoms with van der Waals surface area (Å²) >= 11 is 0. The highest BCUT2D eigenvalue weighted by molar-refractivity contribution is 5.79. The molecule has 0 saturated heterocycles. The third-order valence-electron chi connectivity index (χ3n) is 3.56. The lowest BCUT2D eigenvalue weighted by Gasteiger charge is -2.15. The van der Waals surface area contributed by atoms with Crippen LogP contribution in [-0.4, -0.2) is 43.1 Å². The molecule has 128 valence electrons. The fraction of sp³-hybridized carbons (Fsp3) is 0.353. The molecule has 1 aromatic carbocycles. The van der Waals surface area contributed by atoms with Crippen LogP contribution >= 0.6 is 0 Å². The highest BCUT2D eigenvalue weighted by Crippen LogP contribution is 2.20. The Bertz CT molecular complexity index is 740. The van der Waals surface area contributed by atoms with Crippen molar-refractivity contribution in [3.63, 3.8) is 0 Å². The first kappa shape index (κ1) is 17.7. The van der Waals surface area contributed by atoms with Crippen molar-refractivity contribution in [1.29, 1.82) is 0 Å². The second-order valence-corrected chi connectivity index (χ2v) is 5.19. The Kier molecular flexibility index (Phi) is 6.08. The molecule has 7 heteroatoms. The largest absolute Gasteiger partial charge is 0.497 e. The predicted molar refractivity (Wildman–Crippen MR) is 90.1 cm³/mol. The van der Waals surface area contributed by atoms with Crippen LogP contribution in [0.5, 0.6) is 5.75 Å². The summed E-state index contributed by atoms with van der Waals surface area (Å²) in [6.07, 6.45) is 0. The molecule has 0 bridgehead atoms. The van der Waals surface area contributed by atoms with Crippen molar-refractivity contribution in [2.45, 2.75) is 13.0 Å². The number of aromatic nitrogens is 2. The van der Waals surface area contributed by atoms with Gasteiger partial charge in [0.25, 0.3) is 5.56 Å². The minimum absolute atomic E-state index is 0.284. The van der Waals surface area contributed by atoms with E-state index in [9.17, 15) is 9.59 Å². The van der Waals surface area contributed by atoms with E-state index in [2.05, 4.69) is 10.4 Å². The van der Waals surface area contributed by atoms with Gasteiger partial charge in [-0.15, -0.1) is 0 Å². The van der Waals surface area contributed by atoms with Crippen LogP contribution in [0.2, 0.25) is 0 Å². The molecule has 0 aliphatic rings. The van der Waals surface area contributed by atoms with E-state index in [1.807, 2.05) is 24.3 Å². The van der Waals surface area contributed by atoms with E-state index in [1.54, 1.807) is 27.2 Å². The highest BCUT2D eigenvalue weighted by Gasteiger charge is 2.17. The van der Waals surface area contributed by atoms with Gasteiger partial charge in [0.15, 0.2) is 0 Å². The van der Waals surface area contributed by atoms with Crippen molar-refractivity contribution in [3.8, 4) is 17.0 Å². The maximum absolute atomic E-state index is 12.1. The van der Waals surface area contributed by atoms with E-state index in [1.165, 1.54) is 10.7 Å². The van der Waals surface area contributed by atoms with Crippen LogP contribution in [0.4, 0.5) is 0 Å². The molecular formula is C17H21N3O4. The number of nitrogens with one attached hydrogen (secondary N) is 1. The van der Waals surface area contributed by atoms with E-state index in [0.717, 1.165) is 11.3 Å². The van der Waals surface area contributed by atoms with E-state index in [-0.39, 0.29) is 11.5 Å². The molecule has 1 aromatic heterocycles. The Morgan fingerprint density at radius 3 is 2.54 bits per heavy atom. The summed E-state index contributed by atoms with van der Waals surface area (Å²) in [5, 5.41) is 7.02. The van der Waals surface area contributed by atoms with Gasteiger partial charge in [-0.2, -0.15) is 5.10 Å². The smallest absolute Gasteiger partial charge is 0.267 e. The lowest BCUT2D eigenvalue weighted by atomic mass is 10.1. The standard InChI is InChI=1S/C17H21N3O4/c1-12(17(22)18-10-11-23-2)20-16(21)9-8-15(19-20)13-4-6-14(24-3)7-5-13/h4-9,12H,10-11H2,1-3H3,(H,18,22)/t12-/m1/s1. The van der Waals surface area contributed by atoms with E-state index < -0.39 is 6.04 Å². The molecule has 7 nitrogen and oxygen atoms in total. The van der Waals surface area contributed by atoms with Crippen LogP contribution in [-0.2, 0) is 9.53 Å². The lowest BCUT2D eigenvalue weighted by Crippen LogP contribution is -2.38. The summed E-state index contributed by atoms with van der Waals surface area (Å²) in [4.78, 5) is 24.2. The molecule has 1 heterocycles. The van der Waals surface area contributed by atoms with Crippen molar-refractivity contribution in [1.82, 2.24) is 15.1 Å². The van der Waals surface area contributed by atoms with Crippen LogP contribution in [0.1, 0.15) is 13.0 Å². The quantitative estimate of drug-likeness (QED) is 0.772. The third kappa shape index (κ3) is 4.20. The van der Waals surface area contributed by atoms with Crippen molar-refractivity contribution >= 4 is 5.91 Å². The molecule has 0 spiro atoms. The van der Waals surface area contributed by atoms with Crippen molar-refractivity contribution in [2.75, 3.05) is 27.4 Å². The first-order chi connectivity index (χ1) is 11.6. The molecular weight excluding hydrogens is 310 g/mol. The van der Waals surface area contributed by atoms with Crippen LogP contribution in [0.15, 0.2) is 41.2 Å². The van der Waals surface area contributed by atoms with E-state index >= 15 is 0 Å². The fourth-order valence-electron chi connectivity index (χ4n) is 2.15. The number of nitrogens with zero attached hydrogens (tertiary/aromatic N) is 2. The normalized spacial score (nSPS) is 11.8. The van der Waals surface area contributed by atoms with Gasteiger partial charge >= 0.3 is 0 Å². The van der Waals surface area contributed by atoms with Crippen LogP contribution in [0.3, 0.4) is 0 Å². The fourth-order valence-corrected chi connectivity index (χ4v) is 2.15. The predicted octanol–water partition coefficient (Wildman–Crippen LogP) is 1.24. The van der Waals surface area contributed by atoms with Crippen LogP contribution in [0.25, 0.3) is 11.3 Å². The molecule has 0 saturated carbocycles. The molecule has 0 unspecified atom stereocenters. The van der Waals surface area contributed by atoms with Gasteiger partial charge in [-0.25, -0.2) is 4.68 Å². The molecule has 24 heavy (non-hydrogen) atoms. The molecule has 1 atom stereocenters. The summed E-state index contributed by atoms with van der Waals surface area (Å²) < 4.78 is 11.2. The number of carbonyl (C=O) groups excluding carboxylic acids is 1. The molecule has 0 aliphatic heterocycles. The molecule has 0 radical (unpaired) electrons. The second-order valence-electron chi connectivity index (χ2n) is 5.19. The minimum Gasteiger partial charge on any atom is -0.497 e. The number of carbonyl (C=O) groups is 1. The minimum atomic E-state index is -0.715. The highest BCUT2D eigenvalue weighted by atomic mass is 16.5. The average molecular weight is 331 g/mol. The number of amides is 1. The number of hydrogen-bond donors (Lipinski definition) is 1. The maximum atomic E-state index is 12.1. The second kappa shape index (κ2) is 8.26. The first-order valence-corrected chi connectivity index (χ1v) is 7.57. The Morgan fingerprint density at radius 2 is 1.92 bits per heavy atom. The van der Waals surface area contributed by atoms with E-state index in [0.29, 0.717) is 18.8 Å². The molecule has 2 rings (SSSR count). The van der Waals surface area contributed by atoms with Gasteiger partial charge in [0.2, 0.25) is 5.91 Å². The summed E-state index contributed by atoms with van der Waals surface area (Å²) in [5.74, 6) is 0.450. The number of hydrogen-bond acceptors (Lipinski definition) is 5. The van der Waals surface area contributed by atoms with Gasteiger partial charge in [0, 0.05) is 25.3 Å². The Morgan fingerprint density at radius 1 is 1.21 bits per heavy atom. The van der Waals surface area contributed by atoms with Gasteiger partial charge in [0.05, 0.1) is 19.4 Å². The maximum Gasteiger partial charge on any atom is 0.267 e. The van der Waals surface area contributed by atoms with Gasteiger partial charge in [-0.1, -0.05) is 0 Å². The SMILES string of the molecule is COCCNC(=O)[C@@H](C)n1nc(-c2ccc(OC)cc2)ccc1=O. The van der Waals surface area contributed by atoms with E-state index in [4.69, 9.17) is 9.47 Å². The summed E-state index contributed by atoms with van der Waals surface area (Å²) in [5.41, 5.74) is 1.10. The molecule has 0 fully saturated rings. The Hall–Kier alpha value is -2.67. The number of rotatable bonds is 7. The molecule has 1 N–H and O–H groups in total. The lowest BCUT2D eigenvalue weighted by molar-refractivity contribution is -0.124. The Balaban J connectivity index is 2.24. The summed E-state index contributed by atoms with van der Waals surface area (Å²) in [6.45, 7) is 2.42. The molecule has 2 aromatic rings. The zero-order valence-electron chi connectivity index (χ0n) is 14.0. The molecule has 1 amide bonds. The first-order valence-electron chi connectivity index (χ1n) is 7.57.